The van der Waals surface area contributed by atoms with Crippen molar-refractivity contribution in [3.8, 4) is 0 Å². The quantitative estimate of drug-likeness (QED) is 0.762. The molecule has 2 aliphatic heterocycles. The summed E-state index contributed by atoms with van der Waals surface area (Å²) in [6, 6.07) is 0. The van der Waals surface area contributed by atoms with E-state index in [2.05, 4.69) is 54.2 Å². The first-order chi connectivity index (χ1) is 11.3. The maximum Gasteiger partial charge on any atom is 0.236 e. The highest BCUT2D eigenvalue weighted by Crippen LogP contribution is 2.16. The minimum absolute atomic E-state index is 0.210. The first-order valence-corrected chi connectivity index (χ1v) is 9.73. The minimum Gasteiger partial charge on any atom is -0.339 e. The number of piperazine rings is 2. The lowest BCUT2D eigenvalue weighted by Crippen LogP contribution is -2.57. The van der Waals surface area contributed by atoms with Crippen LogP contribution in [0.1, 0.15) is 41.0 Å². The van der Waals surface area contributed by atoms with Gasteiger partial charge in [0.1, 0.15) is 0 Å². The molecule has 0 atom stereocenters. The zero-order valence-corrected chi connectivity index (χ0v) is 16.6. The molecule has 0 aromatic heterocycles. The van der Waals surface area contributed by atoms with Crippen molar-refractivity contribution in [2.75, 3.05) is 65.4 Å². The molecule has 0 aromatic carbocycles. The van der Waals surface area contributed by atoms with Gasteiger partial charge >= 0.3 is 0 Å². The van der Waals surface area contributed by atoms with E-state index >= 15 is 0 Å². The molecule has 2 heterocycles. The van der Waals surface area contributed by atoms with Crippen LogP contribution in [-0.4, -0.2) is 96.5 Å². The van der Waals surface area contributed by atoms with Crippen LogP contribution in [0.5, 0.6) is 0 Å². The van der Waals surface area contributed by atoms with Gasteiger partial charge in [0.15, 0.2) is 0 Å². The number of hydrogen-bond donors (Lipinski definition) is 0. The van der Waals surface area contributed by atoms with Crippen molar-refractivity contribution in [1.82, 2.24) is 19.6 Å². The van der Waals surface area contributed by atoms with Gasteiger partial charge in [0, 0.05) is 57.9 Å². The second-order valence-corrected chi connectivity index (χ2v) is 8.84. The van der Waals surface area contributed by atoms with Gasteiger partial charge in [0.2, 0.25) is 5.91 Å². The Morgan fingerprint density at radius 3 is 1.92 bits per heavy atom. The molecule has 2 rings (SSSR count). The van der Waals surface area contributed by atoms with E-state index in [1.54, 1.807) is 0 Å². The summed E-state index contributed by atoms with van der Waals surface area (Å²) in [4.78, 5) is 22.0. The molecule has 5 heteroatoms. The minimum atomic E-state index is 0.210. The van der Waals surface area contributed by atoms with Crippen molar-refractivity contribution in [3.05, 3.63) is 0 Å². The summed E-state index contributed by atoms with van der Waals surface area (Å²) < 4.78 is 0. The maximum absolute atomic E-state index is 12.6. The van der Waals surface area contributed by atoms with Crippen LogP contribution in [-0.2, 0) is 4.79 Å². The molecule has 0 aliphatic carbocycles. The molecule has 0 bridgehead atoms. The lowest BCUT2D eigenvalue weighted by Gasteiger charge is -2.43. The number of rotatable bonds is 5. The molecule has 5 nitrogen and oxygen atoms in total. The Morgan fingerprint density at radius 1 is 0.875 bits per heavy atom. The highest BCUT2D eigenvalue weighted by Gasteiger charge is 2.28. The summed E-state index contributed by atoms with van der Waals surface area (Å²) in [6.45, 7) is 21.2. The van der Waals surface area contributed by atoms with Crippen molar-refractivity contribution in [1.29, 1.82) is 0 Å². The van der Waals surface area contributed by atoms with E-state index in [0.717, 1.165) is 58.3 Å². The smallest absolute Gasteiger partial charge is 0.236 e. The summed E-state index contributed by atoms with van der Waals surface area (Å²) in [6.07, 6.45) is 1.27. The number of hydrogen-bond acceptors (Lipinski definition) is 4. The molecule has 0 saturated carbocycles. The second kappa shape index (κ2) is 8.63. The van der Waals surface area contributed by atoms with Crippen LogP contribution in [0.2, 0.25) is 0 Å². The van der Waals surface area contributed by atoms with E-state index in [1.165, 1.54) is 13.0 Å². The van der Waals surface area contributed by atoms with Gasteiger partial charge in [-0.3, -0.25) is 14.6 Å². The average molecular weight is 339 g/mol. The fourth-order valence-electron chi connectivity index (χ4n) is 3.53. The van der Waals surface area contributed by atoms with Crippen LogP contribution < -0.4 is 0 Å². The van der Waals surface area contributed by atoms with E-state index in [0.29, 0.717) is 12.5 Å². The lowest BCUT2D eigenvalue weighted by atomic mass is 10.0. The summed E-state index contributed by atoms with van der Waals surface area (Å²) in [5.41, 5.74) is 0.210. The van der Waals surface area contributed by atoms with Crippen LogP contribution in [0.25, 0.3) is 0 Å². The van der Waals surface area contributed by atoms with Gasteiger partial charge in [0.25, 0.3) is 0 Å². The summed E-state index contributed by atoms with van der Waals surface area (Å²) in [7, 11) is 0. The topological polar surface area (TPSA) is 30.0 Å². The zero-order valence-electron chi connectivity index (χ0n) is 16.6. The van der Waals surface area contributed by atoms with Crippen molar-refractivity contribution in [3.63, 3.8) is 0 Å². The molecule has 140 valence electrons. The van der Waals surface area contributed by atoms with Gasteiger partial charge in [-0.2, -0.15) is 0 Å². The average Bonchev–Trinajstić information content (AvgIpc) is 2.53. The Balaban J connectivity index is 1.67. The van der Waals surface area contributed by atoms with Crippen molar-refractivity contribution in [2.24, 2.45) is 5.92 Å². The van der Waals surface area contributed by atoms with E-state index in [-0.39, 0.29) is 5.54 Å². The van der Waals surface area contributed by atoms with Gasteiger partial charge < -0.3 is 9.80 Å². The van der Waals surface area contributed by atoms with Crippen molar-refractivity contribution >= 4 is 5.91 Å². The number of amides is 1. The van der Waals surface area contributed by atoms with E-state index in [4.69, 9.17) is 0 Å². The molecule has 1 amide bonds. The third-order valence-corrected chi connectivity index (χ3v) is 5.43. The highest BCUT2D eigenvalue weighted by atomic mass is 16.2. The lowest BCUT2D eigenvalue weighted by molar-refractivity contribution is -0.135. The fraction of sp³-hybridized carbons (Fsp3) is 0.947. The third-order valence-electron chi connectivity index (χ3n) is 5.43. The Labute approximate surface area is 148 Å². The molecule has 0 radical (unpaired) electrons. The van der Waals surface area contributed by atoms with Crippen LogP contribution in [0.4, 0.5) is 0 Å². The van der Waals surface area contributed by atoms with Crippen molar-refractivity contribution in [2.45, 2.75) is 46.6 Å². The van der Waals surface area contributed by atoms with Crippen LogP contribution >= 0.6 is 0 Å². The standard InChI is InChI=1S/C19H38N4O/c1-17(2)6-7-20-8-10-21(11-9-20)16-18(24)22-12-14-23(15-13-22)19(3,4)5/h17H,6-16H2,1-5H3. The first kappa shape index (κ1) is 19.7. The molecular formula is C19H38N4O. The Morgan fingerprint density at radius 2 is 1.42 bits per heavy atom. The number of carbonyl (C=O) groups is 1. The summed E-state index contributed by atoms with van der Waals surface area (Å²) in [5, 5.41) is 0. The molecule has 2 aliphatic rings. The predicted molar refractivity (Wildman–Crippen MR) is 100 cm³/mol. The van der Waals surface area contributed by atoms with Crippen LogP contribution in [0.15, 0.2) is 0 Å². The normalized spacial score (nSPS) is 22.3. The molecular weight excluding hydrogens is 300 g/mol. The van der Waals surface area contributed by atoms with E-state index < -0.39 is 0 Å². The van der Waals surface area contributed by atoms with Gasteiger partial charge in [-0.05, 0) is 39.7 Å². The van der Waals surface area contributed by atoms with Gasteiger partial charge in [-0.15, -0.1) is 0 Å². The molecule has 2 saturated heterocycles. The SMILES string of the molecule is CC(C)CCN1CCN(CC(=O)N2CCN(C(C)(C)C)CC2)CC1. The van der Waals surface area contributed by atoms with Crippen LogP contribution in [0, 0.1) is 5.92 Å². The summed E-state index contributed by atoms with van der Waals surface area (Å²) >= 11 is 0. The molecule has 2 fully saturated rings. The van der Waals surface area contributed by atoms with E-state index in [1.807, 2.05) is 0 Å². The fourth-order valence-corrected chi connectivity index (χ4v) is 3.53. The molecule has 0 N–H and O–H groups in total. The van der Waals surface area contributed by atoms with Crippen LogP contribution in [0.3, 0.4) is 0 Å². The van der Waals surface area contributed by atoms with Gasteiger partial charge in [-0.1, -0.05) is 13.8 Å². The maximum atomic E-state index is 12.6. The molecule has 0 unspecified atom stereocenters. The van der Waals surface area contributed by atoms with Gasteiger partial charge in [-0.25, -0.2) is 0 Å². The Hall–Kier alpha value is -0.650. The monoisotopic (exact) mass is 338 g/mol. The molecule has 0 spiro atoms. The number of nitrogens with zero attached hydrogens (tertiary/aromatic N) is 4. The Bertz CT molecular complexity index is 389. The van der Waals surface area contributed by atoms with E-state index in [9.17, 15) is 4.79 Å². The van der Waals surface area contributed by atoms with Crippen molar-refractivity contribution < 1.29 is 4.79 Å². The molecule has 0 aromatic rings. The highest BCUT2D eigenvalue weighted by molar-refractivity contribution is 5.78. The third kappa shape index (κ3) is 6.01. The summed E-state index contributed by atoms with van der Waals surface area (Å²) in [5.74, 6) is 1.09. The Kier molecular flexibility index (Phi) is 7.08. The first-order valence-electron chi connectivity index (χ1n) is 9.73. The van der Waals surface area contributed by atoms with Gasteiger partial charge in [0.05, 0.1) is 6.54 Å². The zero-order chi connectivity index (χ0) is 17.7. The predicted octanol–water partition coefficient (Wildman–Crippen LogP) is 1.59. The second-order valence-electron chi connectivity index (χ2n) is 8.84. The largest absolute Gasteiger partial charge is 0.339 e. The number of carbonyl (C=O) groups excluding carboxylic acids is 1. The molecule has 24 heavy (non-hydrogen) atoms.